The second-order valence-electron chi connectivity index (χ2n) is 6.13. The van der Waals surface area contributed by atoms with Crippen molar-refractivity contribution in [2.45, 2.75) is 12.5 Å². The van der Waals surface area contributed by atoms with Crippen molar-refractivity contribution in [3.8, 4) is 0 Å². The maximum atomic E-state index is 12.5. The van der Waals surface area contributed by atoms with Crippen LogP contribution in [0, 0.1) is 0 Å². The van der Waals surface area contributed by atoms with Crippen LogP contribution in [0.3, 0.4) is 0 Å². The molecule has 1 fully saturated rings. The first kappa shape index (κ1) is 14.7. The van der Waals surface area contributed by atoms with E-state index >= 15 is 0 Å². The Morgan fingerprint density at radius 3 is 2.92 bits per heavy atom. The van der Waals surface area contributed by atoms with E-state index in [9.17, 15) is 9.59 Å². The van der Waals surface area contributed by atoms with Crippen molar-refractivity contribution >= 4 is 17.6 Å². The number of urea groups is 1. The average molecular weight is 325 g/mol. The lowest BCUT2D eigenvalue weighted by Crippen LogP contribution is -2.45. The normalized spacial score (nSPS) is 20.0. The monoisotopic (exact) mass is 325 g/mol. The summed E-state index contributed by atoms with van der Waals surface area (Å²) in [7, 11) is 0. The number of nitrogens with zero attached hydrogens (tertiary/aromatic N) is 4. The molecule has 1 N–H and O–H groups in total. The highest BCUT2D eigenvalue weighted by Crippen LogP contribution is 2.31. The highest BCUT2D eigenvalue weighted by Gasteiger charge is 2.31. The Bertz CT molecular complexity index is 758. The van der Waals surface area contributed by atoms with Gasteiger partial charge in [0.25, 0.3) is 0 Å². The second kappa shape index (κ2) is 5.99. The number of nitrogens with one attached hydrogen (secondary N) is 1. The minimum absolute atomic E-state index is 0.166. The molecule has 3 amide bonds. The highest BCUT2D eigenvalue weighted by atomic mass is 16.2. The van der Waals surface area contributed by atoms with Gasteiger partial charge in [-0.25, -0.2) is 4.79 Å². The van der Waals surface area contributed by atoms with Gasteiger partial charge in [-0.3, -0.25) is 14.4 Å². The number of fused-ring (bicyclic) bond motifs is 1. The van der Waals surface area contributed by atoms with Crippen molar-refractivity contribution in [1.82, 2.24) is 20.0 Å². The predicted octanol–water partition coefficient (Wildman–Crippen LogP) is 1.04. The molecule has 0 saturated carbocycles. The number of hydrogen-bond donors (Lipinski definition) is 1. The number of para-hydroxylation sites is 1. The van der Waals surface area contributed by atoms with Crippen LogP contribution in [0.15, 0.2) is 42.7 Å². The molecule has 0 unspecified atom stereocenters. The molecule has 2 aliphatic rings. The van der Waals surface area contributed by atoms with E-state index in [0.29, 0.717) is 19.6 Å². The van der Waals surface area contributed by atoms with Crippen LogP contribution in [0.5, 0.6) is 0 Å². The van der Waals surface area contributed by atoms with Crippen LogP contribution in [-0.4, -0.2) is 52.8 Å². The minimum Gasteiger partial charge on any atom is -0.360 e. The van der Waals surface area contributed by atoms with E-state index in [-0.39, 0.29) is 24.5 Å². The van der Waals surface area contributed by atoms with Gasteiger partial charge >= 0.3 is 6.03 Å². The van der Waals surface area contributed by atoms with Crippen molar-refractivity contribution in [2.24, 2.45) is 0 Å². The number of anilines is 1. The van der Waals surface area contributed by atoms with Gasteiger partial charge in [0, 0.05) is 37.7 Å². The fourth-order valence-corrected chi connectivity index (χ4v) is 3.44. The van der Waals surface area contributed by atoms with Crippen LogP contribution < -0.4 is 10.2 Å². The van der Waals surface area contributed by atoms with Gasteiger partial charge in [0.1, 0.15) is 0 Å². The first-order valence-corrected chi connectivity index (χ1v) is 8.12. The molecule has 3 heterocycles. The van der Waals surface area contributed by atoms with Crippen LogP contribution in [0.2, 0.25) is 0 Å². The summed E-state index contributed by atoms with van der Waals surface area (Å²) >= 11 is 0. The van der Waals surface area contributed by atoms with Crippen molar-refractivity contribution in [1.29, 1.82) is 0 Å². The Balaban J connectivity index is 1.58. The summed E-state index contributed by atoms with van der Waals surface area (Å²) in [5.74, 6) is -0.166. The van der Waals surface area contributed by atoms with Gasteiger partial charge in [0.2, 0.25) is 5.91 Å². The van der Waals surface area contributed by atoms with E-state index in [4.69, 9.17) is 0 Å². The maximum absolute atomic E-state index is 12.5. The Morgan fingerprint density at radius 1 is 1.29 bits per heavy atom. The Labute approximate surface area is 139 Å². The van der Waals surface area contributed by atoms with E-state index in [0.717, 1.165) is 12.1 Å². The summed E-state index contributed by atoms with van der Waals surface area (Å²) in [6.45, 7) is 1.86. The lowest BCUT2D eigenvalue weighted by Gasteiger charge is -2.36. The van der Waals surface area contributed by atoms with E-state index in [1.165, 1.54) is 10.5 Å². The van der Waals surface area contributed by atoms with E-state index in [1.807, 2.05) is 35.1 Å². The number of imide groups is 1. The van der Waals surface area contributed by atoms with Crippen molar-refractivity contribution < 1.29 is 9.59 Å². The molecule has 1 atom stereocenters. The van der Waals surface area contributed by atoms with Crippen molar-refractivity contribution in [3.63, 3.8) is 0 Å². The van der Waals surface area contributed by atoms with Crippen molar-refractivity contribution in [3.05, 3.63) is 48.3 Å². The largest absolute Gasteiger partial charge is 0.360 e. The second-order valence-corrected chi connectivity index (χ2v) is 6.13. The molecule has 1 saturated heterocycles. The topological polar surface area (TPSA) is 70.5 Å². The van der Waals surface area contributed by atoms with Crippen LogP contribution >= 0.6 is 0 Å². The predicted molar refractivity (Wildman–Crippen MR) is 88.7 cm³/mol. The number of rotatable bonds is 3. The number of amides is 3. The number of benzene rings is 1. The summed E-state index contributed by atoms with van der Waals surface area (Å²) in [6, 6.07) is 9.90. The summed E-state index contributed by atoms with van der Waals surface area (Å²) in [6.07, 6.45) is 4.60. The molecule has 0 bridgehead atoms. The van der Waals surface area contributed by atoms with Gasteiger partial charge in [-0.05, 0) is 24.1 Å². The molecule has 2 aliphatic heterocycles. The summed E-state index contributed by atoms with van der Waals surface area (Å²) in [4.78, 5) is 27.6. The molecule has 0 aliphatic carbocycles. The number of carbonyl (C=O) groups is 2. The number of hydrogen-bond acceptors (Lipinski definition) is 4. The lowest BCUT2D eigenvalue weighted by molar-refractivity contribution is -0.126. The van der Waals surface area contributed by atoms with Crippen molar-refractivity contribution in [2.75, 3.05) is 31.1 Å². The fraction of sp³-hybridized carbons (Fsp3) is 0.353. The van der Waals surface area contributed by atoms with Crippen LogP contribution in [-0.2, 0) is 11.2 Å². The third kappa shape index (κ3) is 2.62. The molecular weight excluding hydrogens is 306 g/mol. The molecule has 0 spiro atoms. The molecule has 0 radical (unpaired) electrons. The number of carbonyl (C=O) groups excluding carboxylic acids is 2. The number of aromatic nitrogens is 2. The molecule has 2 aromatic rings. The highest BCUT2D eigenvalue weighted by molar-refractivity contribution is 5.97. The summed E-state index contributed by atoms with van der Waals surface area (Å²) in [5.41, 5.74) is 2.26. The van der Waals surface area contributed by atoms with Crippen LogP contribution in [0.1, 0.15) is 11.6 Å². The third-order valence-electron chi connectivity index (χ3n) is 4.60. The Hall–Kier alpha value is -2.83. The fourth-order valence-electron chi connectivity index (χ4n) is 3.44. The van der Waals surface area contributed by atoms with Gasteiger partial charge < -0.3 is 10.2 Å². The molecule has 24 heavy (non-hydrogen) atoms. The Morgan fingerprint density at radius 2 is 2.17 bits per heavy atom. The Kier molecular flexibility index (Phi) is 3.68. The molecule has 7 nitrogen and oxygen atoms in total. The summed E-state index contributed by atoms with van der Waals surface area (Å²) in [5, 5.41) is 7.02. The lowest BCUT2D eigenvalue weighted by atomic mass is 9.98. The molecule has 7 heteroatoms. The standard InChI is InChI=1S/C17H19N5O2/c23-16(21-9-7-18-17(21)24)12-20-11-14(22-8-3-6-19-22)10-13-4-1-2-5-15(13)20/h1-6,8,14H,7,9-12H2,(H,18,24)/t14-/m0/s1. The van der Waals surface area contributed by atoms with E-state index in [1.54, 1.807) is 6.20 Å². The average Bonchev–Trinajstić information content (AvgIpc) is 3.26. The first-order valence-electron chi connectivity index (χ1n) is 8.12. The summed E-state index contributed by atoms with van der Waals surface area (Å²) < 4.78 is 1.94. The zero-order valence-corrected chi connectivity index (χ0v) is 13.3. The molecule has 1 aromatic heterocycles. The zero-order valence-electron chi connectivity index (χ0n) is 13.3. The van der Waals surface area contributed by atoms with Gasteiger partial charge in [0.15, 0.2) is 0 Å². The van der Waals surface area contributed by atoms with Crippen LogP contribution in [0.25, 0.3) is 0 Å². The van der Waals surface area contributed by atoms with Gasteiger partial charge in [-0.15, -0.1) is 0 Å². The third-order valence-corrected chi connectivity index (χ3v) is 4.60. The smallest absolute Gasteiger partial charge is 0.324 e. The molecular formula is C17H19N5O2. The quantitative estimate of drug-likeness (QED) is 0.915. The minimum atomic E-state index is -0.297. The zero-order chi connectivity index (χ0) is 16.5. The van der Waals surface area contributed by atoms with Gasteiger partial charge in [0.05, 0.1) is 12.6 Å². The SMILES string of the molecule is O=C(CN1C[C@@H](n2cccn2)Cc2ccccc21)N1CCNC1=O. The molecule has 124 valence electrons. The first-order chi connectivity index (χ1) is 11.7. The van der Waals surface area contributed by atoms with E-state index in [2.05, 4.69) is 21.4 Å². The molecule has 1 aromatic carbocycles. The maximum Gasteiger partial charge on any atom is 0.324 e. The molecule has 4 rings (SSSR count). The van der Waals surface area contributed by atoms with Gasteiger partial charge in [-0.2, -0.15) is 5.10 Å². The van der Waals surface area contributed by atoms with Crippen LogP contribution in [0.4, 0.5) is 10.5 Å². The van der Waals surface area contributed by atoms with Gasteiger partial charge in [-0.1, -0.05) is 18.2 Å². The van der Waals surface area contributed by atoms with E-state index < -0.39 is 0 Å².